The molecule has 0 spiro atoms. The van der Waals surface area contributed by atoms with Gasteiger partial charge in [0, 0.05) is 12.7 Å². The maximum atomic E-state index is 11.4. The lowest BCUT2D eigenvalue weighted by atomic mass is 10.1. The second-order valence-corrected chi connectivity index (χ2v) is 3.86. The number of amides is 1. The molecule has 0 unspecified atom stereocenters. The van der Waals surface area contributed by atoms with Crippen LogP contribution >= 0.6 is 0 Å². The Balaban J connectivity index is 3.29. The molecule has 1 aromatic rings. The number of nitrogens with zero attached hydrogens (tertiary/aromatic N) is 2. The lowest BCUT2D eigenvalue weighted by Crippen LogP contribution is -2.28. The van der Waals surface area contributed by atoms with Gasteiger partial charge in [0.2, 0.25) is 0 Å². The number of carbonyl (C=O) groups is 2. The van der Waals surface area contributed by atoms with Crippen LogP contribution in [-0.4, -0.2) is 35.6 Å². The van der Waals surface area contributed by atoms with Crippen molar-refractivity contribution in [1.29, 1.82) is 0 Å². The highest BCUT2D eigenvalue weighted by atomic mass is 16.4. The predicted octanol–water partition coefficient (Wildman–Crippen LogP) is 0.318. The van der Waals surface area contributed by atoms with Gasteiger partial charge in [0.05, 0.1) is 16.9 Å². The summed E-state index contributed by atoms with van der Waals surface area (Å²) in [6.45, 7) is 3.24. The molecule has 0 aliphatic heterocycles. The van der Waals surface area contributed by atoms with E-state index in [9.17, 15) is 9.59 Å². The summed E-state index contributed by atoms with van der Waals surface area (Å²) in [5.41, 5.74) is 7.25. The van der Waals surface area contributed by atoms with E-state index in [0.29, 0.717) is 17.1 Å². The van der Waals surface area contributed by atoms with E-state index in [4.69, 9.17) is 10.8 Å². The number of carbonyl (C=O) groups excluding carboxylic acids is 1. The van der Waals surface area contributed by atoms with Gasteiger partial charge >= 0.3 is 5.97 Å². The van der Waals surface area contributed by atoms with E-state index in [-0.39, 0.29) is 12.1 Å². The first-order valence-corrected chi connectivity index (χ1v) is 5.04. The smallest absolute Gasteiger partial charge is 0.323 e. The molecule has 1 amide bonds. The van der Waals surface area contributed by atoms with Crippen molar-refractivity contribution in [2.75, 3.05) is 18.5 Å². The zero-order valence-corrected chi connectivity index (χ0v) is 10.0. The van der Waals surface area contributed by atoms with E-state index < -0.39 is 11.9 Å². The third-order valence-corrected chi connectivity index (χ3v) is 2.34. The van der Waals surface area contributed by atoms with Crippen molar-refractivity contribution >= 4 is 17.6 Å². The molecule has 6 heteroatoms. The Morgan fingerprint density at radius 3 is 2.53 bits per heavy atom. The van der Waals surface area contributed by atoms with Crippen molar-refractivity contribution in [1.82, 2.24) is 4.98 Å². The molecule has 0 fully saturated rings. The molecule has 0 aliphatic rings. The summed E-state index contributed by atoms with van der Waals surface area (Å²) in [6, 6.07) is 1.65. The number of nitrogens with two attached hydrogens (primary N) is 1. The number of aromatic nitrogens is 1. The Bertz CT molecular complexity index is 471. The fourth-order valence-electron chi connectivity index (χ4n) is 1.70. The molecule has 0 radical (unpaired) electrons. The van der Waals surface area contributed by atoms with Gasteiger partial charge in [-0.15, -0.1) is 0 Å². The number of hydrogen-bond donors (Lipinski definition) is 2. The first kappa shape index (κ1) is 13.0. The molecule has 0 saturated heterocycles. The number of primary amides is 1. The summed E-state index contributed by atoms with van der Waals surface area (Å²) in [6.07, 6.45) is 0. The van der Waals surface area contributed by atoms with Gasteiger partial charge in [-0.1, -0.05) is 0 Å². The van der Waals surface area contributed by atoms with Crippen molar-refractivity contribution in [3.63, 3.8) is 0 Å². The molecule has 92 valence electrons. The first-order valence-electron chi connectivity index (χ1n) is 5.04. The Morgan fingerprint density at radius 2 is 2.06 bits per heavy atom. The molecule has 0 bridgehead atoms. The SMILES string of the molecule is Cc1cc(N(C)CC(=O)O)c(C(N)=O)c(C)n1. The molecule has 1 heterocycles. The quantitative estimate of drug-likeness (QED) is 0.786. The monoisotopic (exact) mass is 237 g/mol. The Morgan fingerprint density at radius 1 is 1.47 bits per heavy atom. The van der Waals surface area contributed by atoms with Gasteiger partial charge in [0.25, 0.3) is 5.91 Å². The zero-order valence-electron chi connectivity index (χ0n) is 10.0. The van der Waals surface area contributed by atoms with Gasteiger partial charge in [0.1, 0.15) is 6.54 Å². The van der Waals surface area contributed by atoms with Crippen LogP contribution in [0.2, 0.25) is 0 Å². The van der Waals surface area contributed by atoms with Crippen LogP contribution in [0.3, 0.4) is 0 Å². The Kier molecular flexibility index (Phi) is 3.67. The molecule has 0 atom stereocenters. The normalized spacial score (nSPS) is 10.1. The highest BCUT2D eigenvalue weighted by Gasteiger charge is 2.17. The molecule has 0 aliphatic carbocycles. The number of carboxylic acids is 1. The van der Waals surface area contributed by atoms with E-state index in [1.807, 2.05) is 0 Å². The van der Waals surface area contributed by atoms with Crippen LogP contribution in [0.15, 0.2) is 6.07 Å². The maximum absolute atomic E-state index is 11.4. The summed E-state index contributed by atoms with van der Waals surface area (Å²) >= 11 is 0. The fourth-order valence-corrected chi connectivity index (χ4v) is 1.70. The van der Waals surface area contributed by atoms with E-state index in [1.54, 1.807) is 27.0 Å². The van der Waals surface area contributed by atoms with Crippen molar-refractivity contribution < 1.29 is 14.7 Å². The van der Waals surface area contributed by atoms with Crippen molar-refractivity contribution in [2.45, 2.75) is 13.8 Å². The lowest BCUT2D eigenvalue weighted by Gasteiger charge is -2.20. The molecular formula is C11H15N3O3. The summed E-state index contributed by atoms with van der Waals surface area (Å²) in [5, 5.41) is 8.74. The van der Waals surface area contributed by atoms with Gasteiger partial charge in [-0.2, -0.15) is 0 Å². The zero-order chi connectivity index (χ0) is 13.2. The summed E-state index contributed by atoms with van der Waals surface area (Å²) in [7, 11) is 1.59. The van der Waals surface area contributed by atoms with Crippen molar-refractivity contribution in [3.05, 3.63) is 23.0 Å². The fraction of sp³-hybridized carbons (Fsp3) is 0.364. The van der Waals surface area contributed by atoms with E-state index in [2.05, 4.69) is 4.98 Å². The van der Waals surface area contributed by atoms with Gasteiger partial charge in [-0.3, -0.25) is 14.6 Å². The molecule has 17 heavy (non-hydrogen) atoms. The second kappa shape index (κ2) is 4.82. The summed E-state index contributed by atoms with van der Waals surface area (Å²) in [4.78, 5) is 27.6. The standard InChI is InChI=1S/C11H15N3O3/c1-6-4-8(14(3)5-9(15)16)10(11(12)17)7(2)13-6/h4H,5H2,1-3H3,(H2,12,17)(H,15,16). The number of aliphatic carboxylic acids is 1. The largest absolute Gasteiger partial charge is 0.480 e. The molecule has 6 nitrogen and oxygen atoms in total. The number of aryl methyl sites for hydroxylation is 2. The van der Waals surface area contributed by atoms with Crippen LogP contribution in [0.5, 0.6) is 0 Å². The third kappa shape index (κ3) is 2.93. The number of anilines is 1. The molecule has 0 saturated carbocycles. The molecular weight excluding hydrogens is 222 g/mol. The number of carboxylic acid groups (broad SMARTS) is 1. The highest BCUT2D eigenvalue weighted by Crippen LogP contribution is 2.22. The minimum atomic E-state index is -0.977. The summed E-state index contributed by atoms with van der Waals surface area (Å²) < 4.78 is 0. The minimum absolute atomic E-state index is 0.205. The van der Waals surface area contributed by atoms with Crippen molar-refractivity contribution in [2.24, 2.45) is 5.73 Å². The minimum Gasteiger partial charge on any atom is -0.480 e. The van der Waals surface area contributed by atoms with Crippen LogP contribution < -0.4 is 10.6 Å². The van der Waals surface area contributed by atoms with Crippen LogP contribution in [0.1, 0.15) is 21.7 Å². The molecule has 3 N–H and O–H groups in total. The average molecular weight is 237 g/mol. The number of pyridine rings is 1. The molecule has 1 aromatic heterocycles. The van der Waals surface area contributed by atoms with Crippen molar-refractivity contribution in [3.8, 4) is 0 Å². The average Bonchev–Trinajstić information content (AvgIpc) is 2.14. The first-order chi connectivity index (χ1) is 7.82. The highest BCUT2D eigenvalue weighted by molar-refractivity contribution is 6.00. The van der Waals surface area contributed by atoms with E-state index >= 15 is 0 Å². The third-order valence-electron chi connectivity index (χ3n) is 2.34. The van der Waals surface area contributed by atoms with Gasteiger partial charge < -0.3 is 15.7 Å². The van der Waals surface area contributed by atoms with E-state index in [0.717, 1.165) is 0 Å². The number of rotatable bonds is 4. The topological polar surface area (TPSA) is 96.5 Å². The predicted molar refractivity (Wildman–Crippen MR) is 63.1 cm³/mol. The van der Waals surface area contributed by atoms with Crippen LogP contribution in [0, 0.1) is 13.8 Å². The Labute approximate surface area is 99.1 Å². The number of likely N-dealkylation sites (N-methyl/N-ethyl adjacent to an activating group) is 1. The summed E-state index contributed by atoms with van der Waals surface area (Å²) in [5.74, 6) is -1.59. The Hall–Kier alpha value is -2.11. The van der Waals surface area contributed by atoms with E-state index in [1.165, 1.54) is 4.90 Å². The van der Waals surface area contributed by atoms with Crippen LogP contribution in [-0.2, 0) is 4.79 Å². The van der Waals surface area contributed by atoms with Gasteiger partial charge in [-0.05, 0) is 19.9 Å². The maximum Gasteiger partial charge on any atom is 0.323 e. The number of hydrogen-bond acceptors (Lipinski definition) is 4. The lowest BCUT2D eigenvalue weighted by molar-refractivity contribution is -0.135. The van der Waals surface area contributed by atoms with Gasteiger partial charge in [-0.25, -0.2) is 0 Å². The second-order valence-electron chi connectivity index (χ2n) is 3.86. The van der Waals surface area contributed by atoms with Gasteiger partial charge in [0.15, 0.2) is 0 Å². The molecule has 0 aromatic carbocycles. The van der Waals surface area contributed by atoms with Crippen LogP contribution in [0.25, 0.3) is 0 Å². The molecule has 1 rings (SSSR count). The van der Waals surface area contributed by atoms with Crippen LogP contribution in [0.4, 0.5) is 5.69 Å².